The minimum absolute atomic E-state index is 0.0135. The highest BCUT2D eigenvalue weighted by Gasteiger charge is 2.48. The Morgan fingerprint density at radius 1 is 0.229 bits per heavy atom. The predicted octanol–water partition coefficient (Wildman–Crippen LogP) is 15.5. The summed E-state index contributed by atoms with van der Waals surface area (Å²) in [5.74, 6) is 3.55. The van der Waals surface area contributed by atoms with E-state index >= 15 is 0 Å². The summed E-state index contributed by atoms with van der Waals surface area (Å²) in [7, 11) is 0. The van der Waals surface area contributed by atoms with Gasteiger partial charge >= 0.3 is 27.4 Å². The van der Waals surface area contributed by atoms with Gasteiger partial charge in [0.05, 0.1) is 0 Å². The largest absolute Gasteiger partial charge is 0.458 e. The van der Waals surface area contributed by atoms with E-state index in [4.69, 9.17) is 9.47 Å². The Kier molecular flexibility index (Phi) is 8.67. The van der Waals surface area contributed by atoms with E-state index in [1.54, 1.807) is 0 Å². The van der Waals surface area contributed by atoms with Crippen LogP contribution in [-0.2, 0) is 0 Å². The van der Waals surface area contributed by atoms with Crippen molar-refractivity contribution >= 4 is 182 Å². The number of nitrogens with zero attached hydrogens (tertiary/aromatic N) is 4. The van der Waals surface area contributed by atoms with Crippen molar-refractivity contribution < 1.29 is 9.47 Å². The lowest BCUT2D eigenvalue weighted by Crippen LogP contribution is -2.58. The average molecular weight is 1250 g/mol. The summed E-state index contributed by atoms with van der Waals surface area (Å²) in [5, 5.41) is 10.2. The van der Waals surface area contributed by atoms with Crippen molar-refractivity contribution in [2.24, 2.45) is 0 Å². The molecule has 434 valence electrons. The standard InChI is InChI=1S/C84H42B4N4O2S2/c1-3-27-65-45(13-1)51-19-5-21-53-47-15-9-29-69-77(47)85(89(65)81(51)53)61-39-72-62(40-71(61)93-69)86-78-48(16-10-30-70(78)94-72)54-22-7-25-57-59-37-43(33-35-67(59)91(86)83(54)57)44-34-36-68-60(38-44)58-26-8-24-56-50-18-12-32-74-80(50)88(92(68)84(56)58)64-42-75-63(41-76(64)96-74)87-79-49(17-11-31-73(79)95-75)55-23-6-20-52-46-14-2-4-28-66(46)90(87)82(52)55/h1-42H. The number of hydrogen-bond acceptors (Lipinski definition) is 4. The zero-order chi connectivity index (χ0) is 61.4. The first-order valence-corrected chi connectivity index (χ1v) is 35.0. The number of rotatable bonds is 1. The lowest BCUT2D eigenvalue weighted by molar-refractivity contribution is 0.475. The molecule has 0 radical (unpaired) electrons. The normalized spacial score (nSPS) is 14.5. The summed E-state index contributed by atoms with van der Waals surface area (Å²) < 4.78 is 25.1. The molecule has 8 aliphatic rings. The molecule has 18 aromatic rings. The summed E-state index contributed by atoms with van der Waals surface area (Å²) in [5.41, 5.74) is 33.0. The van der Waals surface area contributed by atoms with E-state index in [0.717, 1.165) is 33.9 Å². The molecule has 4 aromatic heterocycles. The van der Waals surface area contributed by atoms with Crippen molar-refractivity contribution in [1.29, 1.82) is 0 Å². The number of ether oxygens (including phenoxy) is 2. The van der Waals surface area contributed by atoms with E-state index in [9.17, 15) is 0 Å². The van der Waals surface area contributed by atoms with Crippen LogP contribution in [0.3, 0.4) is 0 Å². The Bertz CT molecular complexity index is 6500. The van der Waals surface area contributed by atoms with Crippen molar-refractivity contribution in [2.45, 2.75) is 19.6 Å². The van der Waals surface area contributed by atoms with Gasteiger partial charge in [0.1, 0.15) is 23.0 Å². The summed E-state index contributed by atoms with van der Waals surface area (Å²) in [6, 6.07) is 97.2. The number of para-hydroxylation sites is 6. The van der Waals surface area contributed by atoms with Gasteiger partial charge in [0, 0.05) is 140 Å². The van der Waals surface area contributed by atoms with E-state index < -0.39 is 0 Å². The van der Waals surface area contributed by atoms with Crippen LogP contribution in [0.2, 0.25) is 0 Å². The second kappa shape index (κ2) is 16.8. The minimum atomic E-state index is -0.170. The maximum Gasteiger partial charge on any atom is 0.336 e. The second-order valence-corrected chi connectivity index (χ2v) is 29.7. The molecule has 8 aliphatic heterocycles. The molecular weight excluding hydrogens is 1200 g/mol. The van der Waals surface area contributed by atoms with Gasteiger partial charge in [-0.25, -0.2) is 0 Å². The SMILES string of the molecule is c1cc2c3c(c1)-c1cccc4c5ccccc5n(c14)B3c1cc3c(cc1O2)B1c2c(cccc2-c2cccc4c5cc(-c6ccc7c(c6)c6cccc8c6n7B6c7cc9c(cc7Sc7cccc-8c76)B6c7c(cccc7-c7cccc8c%10ccccc%10n6c78)S9)ccc5n1c24)O3. The first-order valence-electron chi connectivity index (χ1n) is 33.4. The Balaban J connectivity index is 0.636. The van der Waals surface area contributed by atoms with Gasteiger partial charge in [0.15, 0.2) is 0 Å². The van der Waals surface area contributed by atoms with Crippen LogP contribution in [0, 0.1) is 0 Å². The van der Waals surface area contributed by atoms with E-state index in [2.05, 4.69) is 273 Å². The van der Waals surface area contributed by atoms with Gasteiger partial charge in [-0.15, -0.1) is 0 Å². The molecule has 12 heteroatoms. The van der Waals surface area contributed by atoms with Crippen LogP contribution in [0.1, 0.15) is 0 Å². The molecule has 0 atom stereocenters. The summed E-state index contributed by atoms with van der Waals surface area (Å²) in [6.45, 7) is -0.246. The molecule has 0 amide bonds. The number of aromatic nitrogens is 4. The third kappa shape index (κ3) is 5.67. The van der Waals surface area contributed by atoms with Gasteiger partial charge in [0.25, 0.3) is 0 Å². The van der Waals surface area contributed by atoms with Gasteiger partial charge in [-0.05, 0) is 139 Å². The molecule has 0 saturated heterocycles. The van der Waals surface area contributed by atoms with E-state index in [1.807, 2.05) is 23.5 Å². The number of fused-ring (bicyclic) bond motifs is 28. The van der Waals surface area contributed by atoms with Crippen molar-refractivity contribution in [1.82, 2.24) is 17.9 Å². The van der Waals surface area contributed by atoms with E-state index in [1.165, 1.54) is 195 Å². The molecule has 0 N–H and O–H groups in total. The Morgan fingerprint density at radius 2 is 0.562 bits per heavy atom. The number of hydrogen-bond donors (Lipinski definition) is 0. The predicted molar refractivity (Wildman–Crippen MR) is 401 cm³/mol. The molecule has 0 unspecified atom stereocenters. The third-order valence-electron chi connectivity index (χ3n) is 23.3. The lowest BCUT2D eigenvalue weighted by atomic mass is 9.43. The molecular formula is C84H42B4N4O2S2. The van der Waals surface area contributed by atoms with Gasteiger partial charge < -0.3 is 27.4 Å². The highest BCUT2D eigenvalue weighted by molar-refractivity contribution is 8.00. The summed E-state index contributed by atoms with van der Waals surface area (Å²) in [4.78, 5) is 5.38. The maximum atomic E-state index is 7.25. The van der Waals surface area contributed by atoms with Crippen molar-refractivity contribution in [2.75, 3.05) is 0 Å². The van der Waals surface area contributed by atoms with Crippen LogP contribution in [0.5, 0.6) is 23.0 Å². The monoisotopic (exact) mass is 1250 g/mol. The van der Waals surface area contributed by atoms with Gasteiger partial charge in [-0.3, -0.25) is 0 Å². The molecule has 6 nitrogen and oxygen atoms in total. The molecule has 26 rings (SSSR count). The highest BCUT2D eigenvalue weighted by Crippen LogP contribution is 2.50. The molecule has 0 aliphatic carbocycles. The molecule has 96 heavy (non-hydrogen) atoms. The van der Waals surface area contributed by atoms with E-state index in [0.29, 0.717) is 0 Å². The molecule has 0 bridgehead atoms. The van der Waals surface area contributed by atoms with Gasteiger partial charge in [-0.2, -0.15) is 0 Å². The van der Waals surface area contributed by atoms with Crippen LogP contribution < -0.4 is 53.2 Å². The zero-order valence-corrected chi connectivity index (χ0v) is 52.6. The van der Waals surface area contributed by atoms with Crippen LogP contribution in [0.15, 0.2) is 274 Å². The van der Waals surface area contributed by atoms with Crippen LogP contribution in [-0.4, -0.2) is 45.3 Å². The Morgan fingerprint density at radius 3 is 0.990 bits per heavy atom. The first kappa shape index (κ1) is 49.4. The molecule has 12 heterocycles. The molecule has 0 fully saturated rings. The molecule has 14 aromatic carbocycles. The van der Waals surface area contributed by atoms with Crippen LogP contribution in [0.4, 0.5) is 0 Å². The topological polar surface area (TPSA) is 38.2 Å². The maximum absolute atomic E-state index is 7.25. The van der Waals surface area contributed by atoms with Crippen molar-refractivity contribution in [3.8, 4) is 78.6 Å². The lowest BCUT2D eigenvalue weighted by Gasteiger charge is -2.37. The third-order valence-corrected chi connectivity index (χ3v) is 25.6. The Labute approximate surface area is 558 Å². The van der Waals surface area contributed by atoms with Crippen LogP contribution in [0.25, 0.3) is 143 Å². The average Bonchev–Trinajstić information content (AvgIpc) is 1.38. The summed E-state index contributed by atoms with van der Waals surface area (Å²) >= 11 is 3.92. The zero-order valence-electron chi connectivity index (χ0n) is 51.0. The molecule has 0 saturated carbocycles. The van der Waals surface area contributed by atoms with Crippen LogP contribution >= 0.6 is 23.5 Å². The van der Waals surface area contributed by atoms with Crippen molar-refractivity contribution in [3.63, 3.8) is 0 Å². The smallest absolute Gasteiger partial charge is 0.336 e. The fourth-order valence-electron chi connectivity index (χ4n) is 19.8. The molecule has 0 spiro atoms. The fraction of sp³-hybridized carbons (Fsp3) is 0. The first-order chi connectivity index (χ1) is 47.6. The fourth-order valence-corrected chi connectivity index (χ4v) is 22.1. The second-order valence-electron chi connectivity index (χ2n) is 27.5. The van der Waals surface area contributed by atoms with Gasteiger partial charge in [0.2, 0.25) is 0 Å². The summed E-state index contributed by atoms with van der Waals surface area (Å²) in [6.07, 6.45) is 0. The van der Waals surface area contributed by atoms with E-state index in [-0.39, 0.29) is 27.4 Å². The Hall–Kier alpha value is -11.2. The van der Waals surface area contributed by atoms with Crippen molar-refractivity contribution in [3.05, 3.63) is 255 Å². The minimum Gasteiger partial charge on any atom is -0.458 e. The van der Waals surface area contributed by atoms with Gasteiger partial charge in [-0.1, -0.05) is 206 Å². The highest BCUT2D eigenvalue weighted by atomic mass is 32.2. The number of benzene rings is 14. The quantitative estimate of drug-likeness (QED) is 0.154.